The molecule has 1 aliphatic carbocycles. The molecule has 1 fully saturated rings. The lowest BCUT2D eigenvalue weighted by Crippen LogP contribution is -2.37. The van der Waals surface area contributed by atoms with Gasteiger partial charge < -0.3 is 4.42 Å². The zero-order chi connectivity index (χ0) is 24.3. The van der Waals surface area contributed by atoms with Crippen molar-refractivity contribution in [1.82, 2.24) is 9.55 Å². The number of para-hydroxylation sites is 1. The van der Waals surface area contributed by atoms with E-state index in [1.165, 1.54) is 5.56 Å². The fourth-order valence-electron chi connectivity index (χ4n) is 5.95. The lowest BCUT2D eigenvalue weighted by atomic mass is 9.60. The molecule has 0 radical (unpaired) electrons. The standard InChI is InChI=1S/C28H26N4O3/c1-17-14-28(3,15-17)19-10-11-22-21(13-19)25(20-7-4-5-8-23(20)32(33)34)30-18(2)27-26(29-16-31(22)27)24-9-6-12-35-24/h4-13,16-18H,14-15H2,1-3H3/t17?,18-,28?/m1/s1. The van der Waals surface area contributed by atoms with Gasteiger partial charge in [0, 0.05) is 11.6 Å². The number of aliphatic imine (C=N–C) groups is 1. The highest BCUT2D eigenvalue weighted by molar-refractivity contribution is 6.17. The van der Waals surface area contributed by atoms with Crippen molar-refractivity contribution >= 4 is 11.4 Å². The van der Waals surface area contributed by atoms with Crippen molar-refractivity contribution in [2.45, 2.75) is 45.1 Å². The van der Waals surface area contributed by atoms with E-state index in [2.05, 4.69) is 41.6 Å². The maximum Gasteiger partial charge on any atom is 0.278 e. The number of benzene rings is 2. The van der Waals surface area contributed by atoms with Crippen LogP contribution in [-0.4, -0.2) is 20.2 Å². The van der Waals surface area contributed by atoms with Crippen molar-refractivity contribution in [2.24, 2.45) is 10.9 Å². The van der Waals surface area contributed by atoms with Gasteiger partial charge in [-0.05, 0) is 67.0 Å². The topological polar surface area (TPSA) is 86.5 Å². The normalized spacial score (nSPS) is 23.0. The molecule has 0 amide bonds. The van der Waals surface area contributed by atoms with Crippen molar-refractivity contribution in [2.75, 3.05) is 0 Å². The van der Waals surface area contributed by atoms with Crippen LogP contribution in [0, 0.1) is 16.0 Å². The first-order chi connectivity index (χ1) is 16.9. The number of aromatic nitrogens is 2. The van der Waals surface area contributed by atoms with E-state index in [-0.39, 0.29) is 22.1 Å². The number of fused-ring (bicyclic) bond motifs is 3. The van der Waals surface area contributed by atoms with Gasteiger partial charge in [0.25, 0.3) is 5.69 Å². The molecule has 0 saturated heterocycles. The van der Waals surface area contributed by atoms with Crippen LogP contribution in [0.4, 0.5) is 5.69 Å². The van der Waals surface area contributed by atoms with Gasteiger partial charge in [-0.2, -0.15) is 0 Å². The molecule has 1 atom stereocenters. The maximum absolute atomic E-state index is 12.0. The van der Waals surface area contributed by atoms with E-state index in [0.29, 0.717) is 23.0 Å². The highest BCUT2D eigenvalue weighted by atomic mass is 16.6. The Labute approximate surface area is 203 Å². The van der Waals surface area contributed by atoms with Crippen LogP contribution >= 0.6 is 0 Å². The number of rotatable bonds is 4. The van der Waals surface area contributed by atoms with Crippen LogP contribution in [0.1, 0.15) is 62.0 Å². The molecule has 0 N–H and O–H groups in total. The second-order valence-electron chi connectivity index (χ2n) is 10.1. The minimum Gasteiger partial charge on any atom is -0.463 e. The van der Waals surface area contributed by atoms with Crippen LogP contribution in [0.25, 0.3) is 17.1 Å². The predicted molar refractivity (Wildman–Crippen MR) is 134 cm³/mol. The molecule has 176 valence electrons. The third-order valence-electron chi connectivity index (χ3n) is 7.44. The second kappa shape index (κ2) is 7.77. The second-order valence-corrected chi connectivity index (χ2v) is 10.1. The Morgan fingerprint density at radius 2 is 1.89 bits per heavy atom. The van der Waals surface area contributed by atoms with Gasteiger partial charge in [-0.3, -0.25) is 19.7 Å². The van der Waals surface area contributed by atoms with E-state index in [1.54, 1.807) is 30.8 Å². The summed E-state index contributed by atoms with van der Waals surface area (Å²) >= 11 is 0. The number of nitro benzene ring substituents is 1. The number of furan rings is 1. The van der Waals surface area contributed by atoms with Crippen molar-refractivity contribution in [3.8, 4) is 17.1 Å². The molecule has 7 nitrogen and oxygen atoms in total. The average Bonchev–Trinajstić information content (AvgIpc) is 3.49. The Bertz CT molecular complexity index is 1480. The largest absolute Gasteiger partial charge is 0.463 e. The molecule has 3 heterocycles. The van der Waals surface area contributed by atoms with E-state index >= 15 is 0 Å². The minimum atomic E-state index is -0.331. The third-order valence-corrected chi connectivity index (χ3v) is 7.44. The quantitative estimate of drug-likeness (QED) is 0.249. The number of nitrogens with zero attached hydrogens (tertiary/aromatic N) is 4. The van der Waals surface area contributed by atoms with Crippen LogP contribution in [0.2, 0.25) is 0 Å². The van der Waals surface area contributed by atoms with E-state index < -0.39 is 0 Å². The summed E-state index contributed by atoms with van der Waals surface area (Å²) in [6.07, 6.45) is 5.68. The van der Waals surface area contributed by atoms with Crippen molar-refractivity contribution < 1.29 is 9.34 Å². The minimum absolute atomic E-state index is 0.0502. The molecule has 6 rings (SSSR count). The zero-order valence-electron chi connectivity index (χ0n) is 19.9. The first-order valence-corrected chi connectivity index (χ1v) is 11.9. The molecule has 0 unspecified atom stereocenters. The number of hydrogen-bond acceptors (Lipinski definition) is 5. The Kier molecular flexibility index (Phi) is 4.78. The SMILES string of the molecule is CC1CC(C)(c2ccc3c(c2)C(c2ccccc2[N+](=O)[O-])=N[C@H](C)c2c(-c4ccco4)ncn2-3)C1. The van der Waals surface area contributed by atoms with Gasteiger partial charge in [0.1, 0.15) is 12.0 Å². The summed E-state index contributed by atoms with van der Waals surface area (Å²) in [5, 5.41) is 12.0. The van der Waals surface area contributed by atoms with Gasteiger partial charge in [0.2, 0.25) is 0 Å². The van der Waals surface area contributed by atoms with Crippen molar-refractivity contribution in [3.05, 3.63) is 99.7 Å². The average molecular weight is 467 g/mol. The fraction of sp³-hybridized carbons (Fsp3) is 0.286. The summed E-state index contributed by atoms with van der Waals surface area (Å²) in [4.78, 5) is 21.4. The Hall–Kier alpha value is -4.00. The van der Waals surface area contributed by atoms with Crippen molar-refractivity contribution in [1.29, 1.82) is 0 Å². The van der Waals surface area contributed by atoms with Crippen LogP contribution in [0.15, 0.2) is 76.6 Å². The molecule has 0 bridgehead atoms. The summed E-state index contributed by atoms with van der Waals surface area (Å²) in [7, 11) is 0. The summed E-state index contributed by atoms with van der Waals surface area (Å²) < 4.78 is 7.72. The van der Waals surface area contributed by atoms with E-state index in [0.717, 1.165) is 35.5 Å². The lowest BCUT2D eigenvalue weighted by molar-refractivity contribution is -0.385. The van der Waals surface area contributed by atoms with Gasteiger partial charge in [0.15, 0.2) is 5.76 Å². The van der Waals surface area contributed by atoms with Gasteiger partial charge in [-0.15, -0.1) is 0 Å². The van der Waals surface area contributed by atoms with Crippen LogP contribution in [0.3, 0.4) is 0 Å². The Balaban J connectivity index is 1.62. The van der Waals surface area contributed by atoms with Crippen LogP contribution in [0.5, 0.6) is 0 Å². The summed E-state index contributed by atoms with van der Waals surface area (Å²) in [5.74, 6) is 1.36. The van der Waals surface area contributed by atoms with E-state index in [4.69, 9.17) is 9.41 Å². The zero-order valence-corrected chi connectivity index (χ0v) is 19.9. The van der Waals surface area contributed by atoms with Gasteiger partial charge in [0.05, 0.1) is 39.9 Å². The molecular weight excluding hydrogens is 440 g/mol. The molecule has 2 aromatic carbocycles. The molecule has 7 heteroatoms. The van der Waals surface area contributed by atoms with Crippen LogP contribution in [-0.2, 0) is 5.41 Å². The summed E-state index contributed by atoms with van der Waals surface area (Å²) in [6.45, 7) is 6.57. The maximum atomic E-state index is 12.0. The van der Waals surface area contributed by atoms with Crippen LogP contribution < -0.4 is 0 Å². The van der Waals surface area contributed by atoms with Crippen molar-refractivity contribution in [3.63, 3.8) is 0 Å². The summed E-state index contributed by atoms with van der Waals surface area (Å²) in [6, 6.07) is 16.8. The van der Waals surface area contributed by atoms with Gasteiger partial charge >= 0.3 is 0 Å². The lowest BCUT2D eigenvalue weighted by Gasteiger charge is -2.44. The molecule has 1 saturated carbocycles. The van der Waals surface area contributed by atoms with E-state index in [9.17, 15) is 10.1 Å². The summed E-state index contributed by atoms with van der Waals surface area (Å²) in [5.41, 5.74) is 5.95. The molecule has 35 heavy (non-hydrogen) atoms. The Morgan fingerprint density at radius 1 is 1.09 bits per heavy atom. The molecule has 4 aromatic rings. The van der Waals surface area contributed by atoms with E-state index in [1.807, 2.05) is 25.1 Å². The monoisotopic (exact) mass is 466 g/mol. The molecule has 0 spiro atoms. The Morgan fingerprint density at radius 3 is 2.60 bits per heavy atom. The fourth-order valence-corrected chi connectivity index (χ4v) is 5.95. The molecule has 1 aliphatic heterocycles. The number of imidazole rings is 1. The predicted octanol–water partition coefficient (Wildman–Crippen LogP) is 6.64. The number of nitro groups is 1. The smallest absolute Gasteiger partial charge is 0.278 e. The highest BCUT2D eigenvalue weighted by Gasteiger charge is 2.40. The highest BCUT2D eigenvalue weighted by Crippen LogP contribution is 2.48. The molecule has 2 aliphatic rings. The number of hydrogen-bond donors (Lipinski definition) is 0. The first-order valence-electron chi connectivity index (χ1n) is 11.9. The first kappa shape index (κ1) is 21.5. The molecule has 2 aromatic heterocycles. The third kappa shape index (κ3) is 3.33. The molecular formula is C28H26N4O3. The van der Waals surface area contributed by atoms with Gasteiger partial charge in [-0.25, -0.2) is 4.98 Å². The van der Waals surface area contributed by atoms with Gasteiger partial charge in [-0.1, -0.05) is 32.0 Å².